The predicted molar refractivity (Wildman–Crippen MR) is 97.8 cm³/mol. The van der Waals surface area contributed by atoms with Crippen LogP contribution in [0.3, 0.4) is 0 Å². The van der Waals surface area contributed by atoms with Gasteiger partial charge in [0, 0.05) is 45.2 Å². The Labute approximate surface area is 154 Å². The summed E-state index contributed by atoms with van der Waals surface area (Å²) in [5.41, 5.74) is 0.645. The van der Waals surface area contributed by atoms with Crippen molar-refractivity contribution in [3.63, 3.8) is 0 Å². The van der Waals surface area contributed by atoms with Gasteiger partial charge < -0.3 is 19.9 Å². The Morgan fingerprint density at radius 3 is 2.77 bits per heavy atom. The highest BCUT2D eigenvalue weighted by Crippen LogP contribution is 2.49. The first-order chi connectivity index (χ1) is 12.6. The maximum atomic E-state index is 13.3. The number of nitrogens with zero attached hydrogens (tertiary/aromatic N) is 2. The van der Waals surface area contributed by atoms with Crippen LogP contribution in [0.1, 0.15) is 30.7 Å². The molecule has 0 aromatic heterocycles. The lowest BCUT2D eigenvalue weighted by molar-refractivity contribution is -0.136. The molecule has 6 heteroatoms. The zero-order valence-corrected chi connectivity index (χ0v) is 15.3. The number of rotatable bonds is 5. The molecule has 1 aromatic carbocycles. The summed E-state index contributed by atoms with van der Waals surface area (Å²) in [7, 11) is 1.66. The van der Waals surface area contributed by atoms with E-state index in [0.717, 1.165) is 31.4 Å². The van der Waals surface area contributed by atoms with Gasteiger partial charge in [-0.25, -0.2) is 4.79 Å². The Morgan fingerprint density at radius 1 is 1.31 bits per heavy atom. The molecule has 3 amide bonds. The van der Waals surface area contributed by atoms with Gasteiger partial charge >= 0.3 is 6.03 Å². The van der Waals surface area contributed by atoms with Gasteiger partial charge in [-0.3, -0.25) is 4.79 Å². The molecule has 0 unspecified atom stereocenters. The van der Waals surface area contributed by atoms with Crippen LogP contribution in [-0.2, 0) is 9.53 Å². The van der Waals surface area contributed by atoms with E-state index >= 15 is 0 Å². The van der Waals surface area contributed by atoms with E-state index in [2.05, 4.69) is 17.4 Å². The summed E-state index contributed by atoms with van der Waals surface area (Å²) in [6.45, 7) is 3.01. The molecule has 4 rings (SSSR count). The first kappa shape index (κ1) is 17.3. The topological polar surface area (TPSA) is 61.9 Å². The molecule has 2 heterocycles. The maximum absolute atomic E-state index is 13.3. The normalized spacial score (nSPS) is 28.2. The molecule has 1 N–H and O–H groups in total. The molecule has 1 saturated carbocycles. The van der Waals surface area contributed by atoms with Gasteiger partial charge in [-0.2, -0.15) is 0 Å². The molecule has 2 atom stereocenters. The smallest absolute Gasteiger partial charge is 0.317 e. The number of likely N-dealkylation sites (tertiary alicyclic amines) is 2. The fraction of sp³-hybridized carbons (Fsp3) is 0.600. The fourth-order valence-corrected chi connectivity index (χ4v) is 4.41. The van der Waals surface area contributed by atoms with Gasteiger partial charge in [0.15, 0.2) is 0 Å². The Morgan fingerprint density at radius 2 is 2.08 bits per heavy atom. The van der Waals surface area contributed by atoms with Gasteiger partial charge in [0.1, 0.15) is 0 Å². The number of methoxy groups -OCH3 is 1. The van der Waals surface area contributed by atoms with Gasteiger partial charge in [-0.05, 0) is 24.8 Å². The van der Waals surface area contributed by atoms with E-state index in [1.165, 1.54) is 0 Å². The minimum absolute atomic E-state index is 0.0200. The first-order valence-corrected chi connectivity index (χ1v) is 9.53. The van der Waals surface area contributed by atoms with E-state index in [4.69, 9.17) is 4.74 Å². The number of nitrogens with one attached hydrogen (secondary N) is 1. The van der Waals surface area contributed by atoms with E-state index in [0.29, 0.717) is 32.3 Å². The maximum Gasteiger partial charge on any atom is 0.317 e. The van der Waals surface area contributed by atoms with Crippen molar-refractivity contribution < 1.29 is 14.3 Å². The minimum atomic E-state index is -0.504. The lowest BCUT2D eigenvalue weighted by Crippen LogP contribution is -2.43. The number of urea groups is 1. The second-order valence-corrected chi connectivity index (χ2v) is 7.76. The van der Waals surface area contributed by atoms with E-state index in [-0.39, 0.29) is 17.9 Å². The van der Waals surface area contributed by atoms with Crippen molar-refractivity contribution in [3.05, 3.63) is 35.9 Å². The highest BCUT2D eigenvalue weighted by atomic mass is 16.5. The van der Waals surface area contributed by atoms with Crippen LogP contribution >= 0.6 is 0 Å². The van der Waals surface area contributed by atoms with E-state index < -0.39 is 5.41 Å². The Kier molecular flexibility index (Phi) is 4.61. The summed E-state index contributed by atoms with van der Waals surface area (Å²) in [6.07, 6.45) is 2.93. The minimum Gasteiger partial charge on any atom is -0.383 e. The Bertz CT molecular complexity index is 676. The highest BCUT2D eigenvalue weighted by Gasteiger charge is 2.58. The van der Waals surface area contributed by atoms with Crippen LogP contribution in [-0.4, -0.2) is 67.7 Å². The lowest BCUT2D eigenvalue weighted by Gasteiger charge is -2.29. The molecule has 2 aliphatic heterocycles. The second kappa shape index (κ2) is 6.91. The van der Waals surface area contributed by atoms with Crippen molar-refractivity contribution >= 4 is 11.9 Å². The van der Waals surface area contributed by atoms with Gasteiger partial charge in [0.25, 0.3) is 0 Å². The molecule has 1 aliphatic carbocycles. The fourth-order valence-electron chi connectivity index (χ4n) is 4.41. The number of benzene rings is 1. The number of hydrogen-bond donors (Lipinski definition) is 1. The third-order valence-corrected chi connectivity index (χ3v) is 6.04. The van der Waals surface area contributed by atoms with Crippen molar-refractivity contribution in [2.75, 3.05) is 39.9 Å². The summed E-state index contributed by atoms with van der Waals surface area (Å²) >= 11 is 0. The molecule has 140 valence electrons. The van der Waals surface area contributed by atoms with Crippen molar-refractivity contribution in [2.24, 2.45) is 5.41 Å². The zero-order chi connectivity index (χ0) is 18.1. The van der Waals surface area contributed by atoms with Crippen molar-refractivity contribution in [1.82, 2.24) is 15.1 Å². The third kappa shape index (κ3) is 3.07. The number of amides is 3. The zero-order valence-electron chi connectivity index (χ0n) is 15.3. The number of carbonyl (C=O) groups is 2. The number of hydrogen-bond acceptors (Lipinski definition) is 3. The van der Waals surface area contributed by atoms with Crippen molar-refractivity contribution in [1.29, 1.82) is 0 Å². The molecule has 1 aromatic rings. The number of carbonyl (C=O) groups excluding carboxylic acids is 2. The van der Waals surface area contributed by atoms with Crippen molar-refractivity contribution in [3.8, 4) is 0 Å². The average Bonchev–Trinajstić information content (AvgIpc) is 3.31. The molecular weight excluding hydrogens is 330 g/mol. The van der Waals surface area contributed by atoms with Crippen LogP contribution < -0.4 is 5.32 Å². The van der Waals surface area contributed by atoms with Crippen LogP contribution in [0.2, 0.25) is 0 Å². The van der Waals surface area contributed by atoms with E-state index in [1.54, 1.807) is 7.11 Å². The first-order valence-electron chi connectivity index (χ1n) is 9.53. The van der Waals surface area contributed by atoms with Crippen LogP contribution in [0, 0.1) is 5.41 Å². The van der Waals surface area contributed by atoms with Gasteiger partial charge in [0.2, 0.25) is 5.91 Å². The Balaban J connectivity index is 1.59. The quantitative estimate of drug-likeness (QED) is 0.874. The summed E-state index contributed by atoms with van der Waals surface area (Å²) < 4.78 is 5.16. The summed E-state index contributed by atoms with van der Waals surface area (Å²) in [5.74, 6) is 0.221. The van der Waals surface area contributed by atoms with Crippen molar-refractivity contribution in [2.45, 2.75) is 31.2 Å². The largest absolute Gasteiger partial charge is 0.383 e. The summed E-state index contributed by atoms with van der Waals surface area (Å²) in [6, 6.07) is 10.5. The number of ether oxygens (including phenoxy) is 1. The van der Waals surface area contributed by atoms with Gasteiger partial charge in [-0.15, -0.1) is 0 Å². The standard InChI is InChI=1S/C20H27N3O3/c1-26-12-11-22-10-9-20(18(22)24)14-23(19(25)21-16-7-8-16)13-17(20)15-5-3-2-4-6-15/h2-6,16-17H,7-14H2,1H3,(H,21,25)/t17-,20+/m1/s1. The molecule has 0 bridgehead atoms. The van der Waals surface area contributed by atoms with E-state index in [9.17, 15) is 9.59 Å². The summed E-state index contributed by atoms with van der Waals surface area (Å²) in [5, 5.41) is 3.08. The predicted octanol–water partition coefficient (Wildman–Crippen LogP) is 1.82. The van der Waals surface area contributed by atoms with E-state index in [1.807, 2.05) is 28.0 Å². The summed E-state index contributed by atoms with van der Waals surface area (Å²) in [4.78, 5) is 29.7. The molecule has 26 heavy (non-hydrogen) atoms. The molecule has 6 nitrogen and oxygen atoms in total. The molecule has 0 radical (unpaired) electrons. The monoisotopic (exact) mass is 357 g/mol. The van der Waals surface area contributed by atoms with Crippen LogP contribution in [0.15, 0.2) is 30.3 Å². The molecule has 1 spiro atoms. The molecule has 3 fully saturated rings. The molecular formula is C20H27N3O3. The van der Waals surface area contributed by atoms with Gasteiger partial charge in [-0.1, -0.05) is 30.3 Å². The molecule has 2 saturated heterocycles. The van der Waals surface area contributed by atoms with Crippen LogP contribution in [0.4, 0.5) is 4.79 Å². The SMILES string of the molecule is COCCN1CC[C@@]2(CN(C(=O)NC3CC3)C[C@@H]2c2ccccc2)C1=O. The Hall–Kier alpha value is -2.08. The van der Waals surface area contributed by atoms with Crippen LogP contribution in [0.25, 0.3) is 0 Å². The molecule has 3 aliphatic rings. The lowest BCUT2D eigenvalue weighted by atomic mass is 9.73. The van der Waals surface area contributed by atoms with Gasteiger partial charge in [0.05, 0.1) is 12.0 Å². The third-order valence-electron chi connectivity index (χ3n) is 6.04. The average molecular weight is 357 g/mol. The second-order valence-electron chi connectivity index (χ2n) is 7.76. The van der Waals surface area contributed by atoms with Crippen LogP contribution in [0.5, 0.6) is 0 Å². The highest BCUT2D eigenvalue weighted by molar-refractivity contribution is 5.88.